The topological polar surface area (TPSA) is 70.1 Å². The summed E-state index contributed by atoms with van der Waals surface area (Å²) in [5.41, 5.74) is -2.42. The van der Waals surface area contributed by atoms with E-state index in [1.54, 1.807) is 0 Å². The van der Waals surface area contributed by atoms with Crippen LogP contribution in [0, 0.1) is 5.82 Å². The standard InChI is InChI=1S/C27H26ClF5N2O4/c28-17-6-5-16(20(8-17)27(31,32)33)11-34-12-26(30,13-34)14-39-23-10-21(29)19(9-18(23)15-3-4-15)24(36)35-7-1-2-22(35)25(37)38/h5-6,8-10,15,22H,1-4,7,11-14H2,(H,37,38)/t22-/m0/s1. The predicted molar refractivity (Wildman–Crippen MR) is 131 cm³/mol. The van der Waals surface area contributed by atoms with Crippen molar-refractivity contribution in [2.75, 3.05) is 26.2 Å². The van der Waals surface area contributed by atoms with E-state index in [1.165, 1.54) is 23.1 Å². The average molecular weight is 573 g/mol. The molecular formula is C27H26ClF5N2O4. The molecular weight excluding hydrogens is 547 g/mol. The third-order valence-corrected chi connectivity index (χ3v) is 7.65. The molecule has 39 heavy (non-hydrogen) atoms. The van der Waals surface area contributed by atoms with Gasteiger partial charge in [-0.3, -0.25) is 9.69 Å². The fourth-order valence-electron chi connectivity index (χ4n) is 5.35. The minimum Gasteiger partial charge on any atom is -0.490 e. The Bertz CT molecular complexity index is 1290. The maximum absolute atomic E-state index is 15.3. The van der Waals surface area contributed by atoms with Gasteiger partial charge in [-0.25, -0.2) is 13.6 Å². The van der Waals surface area contributed by atoms with Gasteiger partial charge in [0.25, 0.3) is 5.91 Å². The van der Waals surface area contributed by atoms with Gasteiger partial charge in [0.1, 0.15) is 24.2 Å². The summed E-state index contributed by atoms with van der Waals surface area (Å²) in [5.74, 6) is -2.61. The van der Waals surface area contributed by atoms with Gasteiger partial charge in [0, 0.05) is 37.3 Å². The van der Waals surface area contributed by atoms with Crippen LogP contribution in [-0.2, 0) is 17.5 Å². The molecule has 0 unspecified atom stereocenters. The van der Waals surface area contributed by atoms with Crippen LogP contribution >= 0.6 is 11.6 Å². The monoisotopic (exact) mass is 572 g/mol. The molecule has 210 valence electrons. The maximum Gasteiger partial charge on any atom is 0.416 e. The normalized spacial score (nSPS) is 21.1. The summed E-state index contributed by atoms with van der Waals surface area (Å²) in [6.07, 6.45) is -2.22. The van der Waals surface area contributed by atoms with E-state index >= 15 is 8.78 Å². The van der Waals surface area contributed by atoms with Crippen molar-refractivity contribution in [2.24, 2.45) is 0 Å². The van der Waals surface area contributed by atoms with Crippen molar-refractivity contribution in [3.05, 3.63) is 63.4 Å². The first kappa shape index (κ1) is 27.6. The molecule has 1 saturated carbocycles. The van der Waals surface area contributed by atoms with E-state index in [9.17, 15) is 27.9 Å². The van der Waals surface area contributed by atoms with Gasteiger partial charge in [0.05, 0.1) is 11.1 Å². The molecule has 12 heteroatoms. The summed E-state index contributed by atoms with van der Waals surface area (Å²) in [7, 11) is 0. The van der Waals surface area contributed by atoms with Crippen LogP contribution in [0.1, 0.15) is 58.6 Å². The van der Waals surface area contributed by atoms with Gasteiger partial charge < -0.3 is 14.7 Å². The lowest BCUT2D eigenvalue weighted by atomic mass is 9.95. The summed E-state index contributed by atoms with van der Waals surface area (Å²) < 4.78 is 76.1. The van der Waals surface area contributed by atoms with Crippen molar-refractivity contribution in [1.82, 2.24) is 9.80 Å². The molecule has 0 spiro atoms. The van der Waals surface area contributed by atoms with E-state index in [-0.39, 0.29) is 54.0 Å². The van der Waals surface area contributed by atoms with Gasteiger partial charge >= 0.3 is 12.1 Å². The second-order valence-corrected chi connectivity index (χ2v) is 11.0. The molecule has 1 aliphatic carbocycles. The van der Waals surface area contributed by atoms with E-state index in [0.29, 0.717) is 18.4 Å². The molecule has 2 heterocycles. The molecule has 1 atom stereocenters. The number of ether oxygens (including phenoxy) is 1. The highest BCUT2D eigenvalue weighted by Crippen LogP contribution is 2.46. The van der Waals surface area contributed by atoms with E-state index in [2.05, 4.69) is 0 Å². The lowest BCUT2D eigenvalue weighted by molar-refractivity contribution is -0.141. The number of hydrogen-bond donors (Lipinski definition) is 1. The zero-order valence-corrected chi connectivity index (χ0v) is 21.5. The van der Waals surface area contributed by atoms with E-state index in [0.717, 1.165) is 29.9 Å². The lowest BCUT2D eigenvalue weighted by Gasteiger charge is -2.44. The molecule has 0 radical (unpaired) electrons. The summed E-state index contributed by atoms with van der Waals surface area (Å²) in [6, 6.07) is 4.87. The highest BCUT2D eigenvalue weighted by Gasteiger charge is 2.46. The van der Waals surface area contributed by atoms with Gasteiger partial charge in [-0.2, -0.15) is 13.2 Å². The number of benzene rings is 2. The van der Waals surface area contributed by atoms with Crippen LogP contribution in [0.5, 0.6) is 5.75 Å². The van der Waals surface area contributed by atoms with Crippen molar-refractivity contribution in [1.29, 1.82) is 0 Å². The molecule has 2 aromatic rings. The summed E-state index contributed by atoms with van der Waals surface area (Å²) in [6.45, 7) is -0.680. The Morgan fingerprint density at radius 3 is 2.49 bits per heavy atom. The minimum absolute atomic E-state index is 0.0140. The summed E-state index contributed by atoms with van der Waals surface area (Å²) >= 11 is 5.72. The number of amides is 1. The molecule has 2 aromatic carbocycles. The van der Waals surface area contributed by atoms with Gasteiger partial charge in [-0.1, -0.05) is 17.7 Å². The maximum atomic E-state index is 15.3. The number of carbonyl (C=O) groups is 2. The molecule has 3 aliphatic rings. The molecule has 2 aliphatic heterocycles. The molecule has 5 rings (SSSR count). The van der Waals surface area contributed by atoms with Crippen LogP contribution in [0.3, 0.4) is 0 Å². The molecule has 2 saturated heterocycles. The lowest BCUT2D eigenvalue weighted by Crippen LogP contribution is -2.61. The van der Waals surface area contributed by atoms with Crippen LogP contribution in [0.2, 0.25) is 5.02 Å². The minimum atomic E-state index is -4.60. The Balaban J connectivity index is 1.25. The number of carbonyl (C=O) groups excluding carboxylic acids is 1. The second kappa shape index (κ2) is 10.2. The van der Waals surface area contributed by atoms with Crippen LogP contribution in [0.25, 0.3) is 0 Å². The highest BCUT2D eigenvalue weighted by atomic mass is 35.5. The number of hydrogen-bond acceptors (Lipinski definition) is 4. The Hall–Kier alpha value is -2.92. The number of likely N-dealkylation sites (tertiary alicyclic amines) is 2. The summed E-state index contributed by atoms with van der Waals surface area (Å²) in [4.78, 5) is 27.1. The first-order valence-electron chi connectivity index (χ1n) is 12.6. The first-order chi connectivity index (χ1) is 18.3. The van der Waals surface area contributed by atoms with E-state index in [4.69, 9.17) is 16.3 Å². The van der Waals surface area contributed by atoms with Crippen molar-refractivity contribution in [3.8, 4) is 5.75 Å². The Morgan fingerprint density at radius 2 is 1.85 bits per heavy atom. The molecule has 0 bridgehead atoms. The Labute approximate surface area is 226 Å². The van der Waals surface area contributed by atoms with Gasteiger partial charge in [0.15, 0.2) is 5.67 Å². The third kappa shape index (κ3) is 5.84. The van der Waals surface area contributed by atoms with Crippen LogP contribution in [0.4, 0.5) is 22.0 Å². The van der Waals surface area contributed by atoms with Crippen LogP contribution < -0.4 is 4.74 Å². The Morgan fingerprint density at radius 1 is 1.13 bits per heavy atom. The van der Waals surface area contributed by atoms with Crippen LogP contribution in [0.15, 0.2) is 30.3 Å². The first-order valence-corrected chi connectivity index (χ1v) is 13.0. The fourth-order valence-corrected chi connectivity index (χ4v) is 5.52. The van der Waals surface area contributed by atoms with Crippen molar-refractivity contribution in [2.45, 2.75) is 56.0 Å². The van der Waals surface area contributed by atoms with Crippen molar-refractivity contribution < 1.29 is 41.4 Å². The fraction of sp³-hybridized carbons (Fsp3) is 0.481. The van der Waals surface area contributed by atoms with Gasteiger partial charge in [-0.15, -0.1) is 0 Å². The number of rotatable bonds is 8. The number of nitrogens with zero attached hydrogens (tertiary/aromatic N) is 2. The number of carboxylic acids is 1. The number of carboxylic acid groups (broad SMARTS) is 1. The second-order valence-electron chi connectivity index (χ2n) is 10.5. The molecule has 0 aromatic heterocycles. The quantitative estimate of drug-likeness (QED) is 0.413. The molecule has 1 N–H and O–H groups in total. The van der Waals surface area contributed by atoms with Crippen molar-refractivity contribution in [3.63, 3.8) is 0 Å². The Kier molecular flexibility index (Phi) is 7.26. The highest BCUT2D eigenvalue weighted by molar-refractivity contribution is 6.30. The molecule has 1 amide bonds. The largest absolute Gasteiger partial charge is 0.490 e. The zero-order valence-electron chi connectivity index (χ0n) is 20.7. The smallest absolute Gasteiger partial charge is 0.416 e. The van der Waals surface area contributed by atoms with E-state index < -0.39 is 47.8 Å². The van der Waals surface area contributed by atoms with E-state index in [1.807, 2.05) is 0 Å². The number of halogens is 6. The van der Waals surface area contributed by atoms with Gasteiger partial charge in [0.2, 0.25) is 0 Å². The van der Waals surface area contributed by atoms with Gasteiger partial charge in [-0.05, 0) is 60.9 Å². The van der Waals surface area contributed by atoms with Crippen molar-refractivity contribution >= 4 is 23.5 Å². The zero-order chi connectivity index (χ0) is 28.1. The molecule has 6 nitrogen and oxygen atoms in total. The summed E-state index contributed by atoms with van der Waals surface area (Å²) in [5, 5.41) is 9.34. The predicted octanol–water partition coefficient (Wildman–Crippen LogP) is 5.67. The number of alkyl halides is 4. The third-order valence-electron chi connectivity index (χ3n) is 7.42. The number of aliphatic carboxylic acids is 1. The van der Waals surface area contributed by atoms with Crippen LogP contribution in [-0.4, -0.2) is 64.7 Å². The molecule has 3 fully saturated rings. The average Bonchev–Trinajstić information content (AvgIpc) is 3.56. The SMILES string of the molecule is O=C(O)[C@@H]1CCCN1C(=O)c1cc(C2CC2)c(OCC2(F)CN(Cc3ccc(Cl)cc3C(F)(F)F)C2)cc1F.